The highest BCUT2D eigenvalue weighted by atomic mass is 33.1. The molecule has 3 nitrogen and oxygen atoms in total. The van der Waals surface area contributed by atoms with Crippen LogP contribution in [0, 0.1) is 0 Å². The van der Waals surface area contributed by atoms with E-state index in [0.717, 1.165) is 49.3 Å². The minimum absolute atomic E-state index is 0.330. The lowest BCUT2D eigenvalue weighted by molar-refractivity contribution is 0.318. The summed E-state index contributed by atoms with van der Waals surface area (Å²) in [7, 11) is -2.40. The lowest BCUT2D eigenvalue weighted by Gasteiger charge is -2.03. The number of unbranched alkanes of at least 4 members (excludes halogenated alkanes) is 4. The zero-order valence-electron chi connectivity index (χ0n) is 9.70. The van der Waals surface area contributed by atoms with Gasteiger partial charge < -0.3 is 0 Å². The van der Waals surface area contributed by atoms with Crippen molar-refractivity contribution in [2.75, 3.05) is 12.4 Å². The molecule has 0 aromatic heterocycles. The van der Waals surface area contributed by atoms with E-state index < -0.39 is 9.15 Å². The van der Waals surface area contributed by atoms with Crippen LogP contribution in [0.5, 0.6) is 0 Å². The van der Waals surface area contributed by atoms with E-state index in [1.54, 1.807) is 0 Å². The van der Waals surface area contributed by atoms with Gasteiger partial charge in [-0.1, -0.05) is 39.5 Å². The molecule has 0 N–H and O–H groups in total. The minimum atomic E-state index is -3.33. The van der Waals surface area contributed by atoms with Crippen LogP contribution in [0.1, 0.15) is 52.4 Å². The molecule has 0 amide bonds. The fraction of sp³-hybridized carbons (Fsp3) is 1.00. The largest absolute Gasteiger partial charge is 0.322 e. The van der Waals surface area contributed by atoms with Gasteiger partial charge in [0, 0.05) is 5.75 Å². The van der Waals surface area contributed by atoms with E-state index in [9.17, 15) is 8.42 Å². The van der Waals surface area contributed by atoms with E-state index in [1.807, 2.05) is 0 Å². The molecule has 0 aliphatic carbocycles. The molecule has 0 atom stereocenters. The van der Waals surface area contributed by atoms with Crippen LogP contribution in [0.2, 0.25) is 0 Å². The Hall–Kier alpha value is 0.260. The zero-order valence-corrected chi connectivity index (χ0v) is 11.3. The fourth-order valence-corrected chi connectivity index (χ4v) is 3.35. The van der Waals surface area contributed by atoms with Crippen LogP contribution in [0.25, 0.3) is 0 Å². The number of rotatable bonds is 10. The molecule has 0 spiro atoms. The molecule has 0 rings (SSSR count). The number of hydrogen-bond donors (Lipinski definition) is 0. The zero-order chi connectivity index (χ0) is 11.6. The van der Waals surface area contributed by atoms with Crippen LogP contribution in [0.4, 0.5) is 0 Å². The van der Waals surface area contributed by atoms with E-state index in [0.29, 0.717) is 12.4 Å². The van der Waals surface area contributed by atoms with Crippen LogP contribution in [0.3, 0.4) is 0 Å². The molecule has 92 valence electrons. The standard InChI is InChI=1S/C10H22O3S2/c1-3-5-7-9-13-15(11,12)14-10-8-6-4-2/h3-10H2,1-2H3. The Morgan fingerprint density at radius 3 is 2.20 bits per heavy atom. The van der Waals surface area contributed by atoms with Crippen LogP contribution >= 0.6 is 10.8 Å². The van der Waals surface area contributed by atoms with Gasteiger partial charge in [0.05, 0.1) is 6.61 Å². The predicted molar refractivity (Wildman–Crippen MR) is 66.4 cm³/mol. The highest BCUT2D eigenvalue weighted by Crippen LogP contribution is 2.17. The second kappa shape index (κ2) is 9.48. The highest BCUT2D eigenvalue weighted by Gasteiger charge is 2.10. The maximum atomic E-state index is 11.3. The Labute approximate surface area is 97.5 Å². The van der Waals surface area contributed by atoms with Crippen molar-refractivity contribution in [3.05, 3.63) is 0 Å². The third-order valence-corrected chi connectivity index (χ3v) is 4.81. The van der Waals surface area contributed by atoms with Crippen molar-refractivity contribution in [3.63, 3.8) is 0 Å². The maximum Gasteiger partial charge on any atom is 0.322 e. The van der Waals surface area contributed by atoms with E-state index >= 15 is 0 Å². The van der Waals surface area contributed by atoms with Crippen LogP contribution in [0.15, 0.2) is 0 Å². The first kappa shape index (κ1) is 15.3. The molecule has 0 heterocycles. The van der Waals surface area contributed by atoms with Crippen LogP contribution in [-0.2, 0) is 13.3 Å². The summed E-state index contributed by atoms with van der Waals surface area (Å²) in [4.78, 5) is 0. The Bertz CT molecular complexity index is 207. The molecular formula is C10H22O3S2. The summed E-state index contributed by atoms with van der Waals surface area (Å²) in [6.45, 7) is 4.51. The summed E-state index contributed by atoms with van der Waals surface area (Å²) >= 11 is 0. The molecule has 0 saturated carbocycles. The summed E-state index contributed by atoms with van der Waals surface area (Å²) < 4.78 is 27.4. The predicted octanol–water partition coefficient (Wildman–Crippen LogP) is 3.36. The molecule has 0 saturated heterocycles. The van der Waals surface area contributed by atoms with E-state index in [2.05, 4.69) is 13.8 Å². The Kier molecular flexibility index (Phi) is 9.65. The molecule has 15 heavy (non-hydrogen) atoms. The second-order valence-electron chi connectivity index (χ2n) is 3.47. The van der Waals surface area contributed by atoms with Crippen molar-refractivity contribution in [2.45, 2.75) is 52.4 Å². The summed E-state index contributed by atoms with van der Waals surface area (Å²) in [5, 5.41) is 0. The van der Waals surface area contributed by atoms with Crippen molar-refractivity contribution in [1.82, 2.24) is 0 Å². The van der Waals surface area contributed by atoms with Gasteiger partial charge in [-0.3, -0.25) is 4.18 Å². The smallest absolute Gasteiger partial charge is 0.262 e. The van der Waals surface area contributed by atoms with Crippen molar-refractivity contribution < 1.29 is 12.6 Å². The highest BCUT2D eigenvalue weighted by molar-refractivity contribution is 8.70. The Morgan fingerprint density at radius 2 is 1.60 bits per heavy atom. The fourth-order valence-electron chi connectivity index (χ4n) is 1.06. The van der Waals surface area contributed by atoms with E-state index in [1.165, 1.54) is 0 Å². The topological polar surface area (TPSA) is 43.4 Å². The molecule has 0 aromatic rings. The molecule has 0 unspecified atom stereocenters. The first-order chi connectivity index (χ1) is 7.12. The van der Waals surface area contributed by atoms with Crippen molar-refractivity contribution >= 4 is 19.9 Å². The van der Waals surface area contributed by atoms with Gasteiger partial charge in [0.1, 0.15) is 0 Å². The summed E-state index contributed by atoms with van der Waals surface area (Å²) in [5.74, 6) is 0.643. The van der Waals surface area contributed by atoms with Gasteiger partial charge in [0.25, 0.3) is 0 Å². The third kappa shape index (κ3) is 10.5. The molecule has 0 aromatic carbocycles. The SMILES string of the molecule is CCCCCOS(=O)(=O)SCCCCC. The Balaban J connectivity index is 3.50. The van der Waals surface area contributed by atoms with Crippen LogP contribution in [-0.4, -0.2) is 20.8 Å². The summed E-state index contributed by atoms with van der Waals surface area (Å²) in [6, 6.07) is 0. The quantitative estimate of drug-likeness (QED) is 0.443. The lowest BCUT2D eigenvalue weighted by atomic mass is 10.3. The summed E-state index contributed by atoms with van der Waals surface area (Å²) in [6.07, 6.45) is 6.06. The maximum absolute atomic E-state index is 11.3. The van der Waals surface area contributed by atoms with E-state index in [-0.39, 0.29) is 0 Å². The molecule has 0 aliphatic heterocycles. The van der Waals surface area contributed by atoms with Crippen molar-refractivity contribution in [3.8, 4) is 0 Å². The molecule has 0 radical (unpaired) electrons. The van der Waals surface area contributed by atoms with Crippen LogP contribution < -0.4 is 0 Å². The van der Waals surface area contributed by atoms with Gasteiger partial charge in [0.2, 0.25) is 0 Å². The average molecular weight is 254 g/mol. The lowest BCUT2D eigenvalue weighted by Crippen LogP contribution is -2.03. The minimum Gasteiger partial charge on any atom is -0.262 e. The molecule has 0 bridgehead atoms. The van der Waals surface area contributed by atoms with Gasteiger partial charge >= 0.3 is 9.15 Å². The van der Waals surface area contributed by atoms with Crippen molar-refractivity contribution in [2.24, 2.45) is 0 Å². The normalized spacial score (nSPS) is 11.9. The Morgan fingerprint density at radius 1 is 1.00 bits per heavy atom. The molecule has 0 fully saturated rings. The van der Waals surface area contributed by atoms with Gasteiger partial charge in [-0.05, 0) is 23.6 Å². The van der Waals surface area contributed by atoms with Gasteiger partial charge in [0.15, 0.2) is 0 Å². The molecule has 5 heteroatoms. The molecule has 0 aliphatic rings. The van der Waals surface area contributed by atoms with Gasteiger partial charge in [-0.2, -0.15) is 8.42 Å². The van der Waals surface area contributed by atoms with E-state index in [4.69, 9.17) is 4.18 Å². The first-order valence-electron chi connectivity index (χ1n) is 5.66. The average Bonchev–Trinajstić information content (AvgIpc) is 2.20. The second-order valence-corrected chi connectivity index (χ2v) is 7.09. The third-order valence-electron chi connectivity index (χ3n) is 1.95. The first-order valence-corrected chi connectivity index (χ1v) is 8.57. The monoisotopic (exact) mass is 254 g/mol. The molecular weight excluding hydrogens is 232 g/mol. The number of hydrogen-bond acceptors (Lipinski definition) is 4. The van der Waals surface area contributed by atoms with Gasteiger partial charge in [-0.15, -0.1) is 0 Å². The van der Waals surface area contributed by atoms with Gasteiger partial charge in [-0.25, -0.2) is 0 Å². The van der Waals surface area contributed by atoms with Crippen molar-refractivity contribution in [1.29, 1.82) is 0 Å². The summed E-state index contributed by atoms with van der Waals surface area (Å²) in [5.41, 5.74) is 0.